The Labute approximate surface area is 59.7 Å². The van der Waals surface area contributed by atoms with E-state index >= 15 is 0 Å². The van der Waals surface area contributed by atoms with Gasteiger partial charge in [-0.25, -0.2) is 0 Å². The lowest BCUT2D eigenvalue weighted by Crippen LogP contribution is -1.80. The second-order valence-corrected chi connectivity index (χ2v) is 4.01. The molecule has 0 radical (unpaired) electrons. The Bertz CT molecular complexity index is 88.5. The second-order valence-electron chi connectivity index (χ2n) is 0.989. The molecule has 0 saturated heterocycles. The van der Waals surface area contributed by atoms with E-state index in [9.17, 15) is 0 Å². The van der Waals surface area contributed by atoms with Crippen molar-refractivity contribution in [1.29, 1.82) is 0 Å². The molecule has 0 N–H and O–H groups in total. The molecule has 0 rings (SSSR count). The van der Waals surface area contributed by atoms with E-state index in [0.717, 1.165) is 0 Å². The third kappa shape index (κ3) is 6.53. The summed E-state index contributed by atoms with van der Waals surface area (Å²) in [4.78, 5) is 0. The molecule has 0 aromatic carbocycles. The Balaban J connectivity index is 2.85. The molecule has 0 unspecified atom stereocenters. The normalized spacial score (nSPS) is 9.25. The average Bonchev–Trinajstić information content (AvgIpc) is 1.66. The largest absolute Gasteiger partial charge is 0.331 e. The van der Waals surface area contributed by atoms with Gasteiger partial charge in [0, 0.05) is 6.42 Å². The van der Waals surface area contributed by atoms with Crippen molar-refractivity contribution >= 4 is 29.3 Å². The number of hydrogen-bond acceptors (Lipinski definition) is 1. The molecule has 0 spiro atoms. The number of terminal acetylenes is 1. The van der Waals surface area contributed by atoms with Crippen LogP contribution in [0, 0.1) is 12.3 Å². The van der Waals surface area contributed by atoms with Crippen LogP contribution in [0.25, 0.3) is 0 Å². The van der Waals surface area contributed by atoms with Gasteiger partial charge in [-0.15, -0.1) is 12.3 Å². The van der Waals surface area contributed by atoms with Crippen LogP contribution in [0.4, 0.5) is 0 Å². The summed E-state index contributed by atoms with van der Waals surface area (Å²) in [6, 6.07) is 0. The molecule has 0 aliphatic heterocycles. The molecular formula is C4H5Cl2OP. The van der Waals surface area contributed by atoms with Crippen molar-refractivity contribution in [2.45, 2.75) is 6.42 Å². The molecule has 0 fully saturated rings. The van der Waals surface area contributed by atoms with E-state index in [1.54, 1.807) is 0 Å². The summed E-state index contributed by atoms with van der Waals surface area (Å²) >= 11 is 10.5. The zero-order valence-corrected chi connectivity index (χ0v) is 6.51. The lowest BCUT2D eigenvalue weighted by molar-refractivity contribution is 0.377. The van der Waals surface area contributed by atoms with E-state index in [4.69, 9.17) is 33.4 Å². The van der Waals surface area contributed by atoms with Gasteiger partial charge in [-0.3, -0.25) is 0 Å². The molecule has 0 amide bonds. The van der Waals surface area contributed by atoms with Gasteiger partial charge in [-0.2, -0.15) is 0 Å². The lowest BCUT2D eigenvalue weighted by atomic mass is 10.5. The molecule has 4 heteroatoms. The maximum atomic E-state index is 5.25. The van der Waals surface area contributed by atoms with Crippen LogP contribution in [-0.4, -0.2) is 6.61 Å². The van der Waals surface area contributed by atoms with Crippen LogP contribution in [0.1, 0.15) is 6.42 Å². The summed E-state index contributed by atoms with van der Waals surface area (Å²) in [5, 5.41) is 0. The van der Waals surface area contributed by atoms with Crippen LogP contribution in [0.15, 0.2) is 0 Å². The van der Waals surface area contributed by atoms with E-state index in [0.29, 0.717) is 13.0 Å². The molecule has 1 nitrogen and oxygen atoms in total. The number of hydrogen-bond donors (Lipinski definition) is 0. The van der Waals surface area contributed by atoms with Crippen molar-refractivity contribution < 1.29 is 4.52 Å². The van der Waals surface area contributed by atoms with Crippen molar-refractivity contribution in [3.63, 3.8) is 0 Å². The Morgan fingerprint density at radius 3 is 2.62 bits per heavy atom. The van der Waals surface area contributed by atoms with Gasteiger partial charge in [0.25, 0.3) is 0 Å². The van der Waals surface area contributed by atoms with Gasteiger partial charge in [0.15, 0.2) is 0 Å². The fourth-order valence-corrected chi connectivity index (χ4v) is 0.817. The molecule has 8 heavy (non-hydrogen) atoms. The minimum Gasteiger partial charge on any atom is -0.331 e. The van der Waals surface area contributed by atoms with E-state index in [-0.39, 0.29) is 0 Å². The summed E-state index contributed by atoms with van der Waals surface area (Å²) in [7, 11) is 0. The minimum absolute atomic E-state index is 0.454. The van der Waals surface area contributed by atoms with Crippen molar-refractivity contribution in [3.05, 3.63) is 0 Å². The maximum Gasteiger partial charge on any atom is 0.225 e. The molecule has 0 aromatic heterocycles. The maximum absolute atomic E-state index is 5.25. The summed E-state index contributed by atoms with van der Waals surface area (Å²) in [6.07, 6.45) is 5.47. The van der Waals surface area contributed by atoms with Gasteiger partial charge in [-0.1, -0.05) is 0 Å². The summed E-state index contributed by atoms with van der Waals surface area (Å²) in [5.74, 6) is 2.39. The fraction of sp³-hybridized carbons (Fsp3) is 0.500. The molecule has 0 aromatic rings. The van der Waals surface area contributed by atoms with Gasteiger partial charge >= 0.3 is 0 Å². The minimum atomic E-state index is -1.26. The molecular weight excluding hydrogens is 166 g/mol. The van der Waals surface area contributed by atoms with E-state index in [1.165, 1.54) is 0 Å². The zero-order chi connectivity index (χ0) is 6.41. The van der Waals surface area contributed by atoms with Gasteiger partial charge in [0.2, 0.25) is 6.85 Å². The third-order valence-electron chi connectivity index (χ3n) is 0.435. The van der Waals surface area contributed by atoms with Crippen LogP contribution in [0.5, 0.6) is 0 Å². The lowest BCUT2D eigenvalue weighted by Gasteiger charge is -1.96. The van der Waals surface area contributed by atoms with Crippen molar-refractivity contribution in [3.8, 4) is 12.3 Å². The Hall–Kier alpha value is 0.530. The summed E-state index contributed by atoms with van der Waals surface area (Å²) < 4.78 is 4.74. The predicted octanol–water partition coefficient (Wildman–Crippen LogP) is 2.73. The van der Waals surface area contributed by atoms with Gasteiger partial charge in [0.1, 0.15) is 0 Å². The number of halogens is 2. The standard InChI is InChI=1S/C4H5Cl2OP/c1-2-3-4-7-8(5)6/h1H,3-4H2. The van der Waals surface area contributed by atoms with Crippen LogP contribution in [0.3, 0.4) is 0 Å². The van der Waals surface area contributed by atoms with Crippen LogP contribution < -0.4 is 0 Å². The zero-order valence-electron chi connectivity index (χ0n) is 4.10. The Morgan fingerprint density at radius 1 is 1.62 bits per heavy atom. The smallest absolute Gasteiger partial charge is 0.225 e. The first kappa shape index (κ1) is 8.53. The average molecular weight is 171 g/mol. The second kappa shape index (κ2) is 5.66. The molecule has 0 heterocycles. The summed E-state index contributed by atoms with van der Waals surface area (Å²) in [5.41, 5.74) is 0. The number of rotatable bonds is 3. The summed E-state index contributed by atoms with van der Waals surface area (Å²) in [6.45, 7) is -0.810. The van der Waals surface area contributed by atoms with Gasteiger partial charge in [0.05, 0.1) is 6.61 Å². The Morgan fingerprint density at radius 2 is 2.25 bits per heavy atom. The highest BCUT2D eigenvalue weighted by molar-refractivity contribution is 8.00. The predicted molar refractivity (Wildman–Crippen MR) is 38.0 cm³/mol. The van der Waals surface area contributed by atoms with Crippen molar-refractivity contribution in [2.24, 2.45) is 0 Å². The van der Waals surface area contributed by atoms with Crippen molar-refractivity contribution in [2.75, 3.05) is 6.61 Å². The van der Waals surface area contributed by atoms with Crippen LogP contribution in [0.2, 0.25) is 0 Å². The monoisotopic (exact) mass is 170 g/mol. The first-order valence-corrected chi connectivity index (χ1v) is 5.02. The highest BCUT2D eigenvalue weighted by Crippen LogP contribution is 2.47. The molecule has 0 bridgehead atoms. The van der Waals surface area contributed by atoms with Crippen molar-refractivity contribution in [1.82, 2.24) is 0 Å². The van der Waals surface area contributed by atoms with E-state index in [1.807, 2.05) is 0 Å². The first-order valence-electron chi connectivity index (χ1n) is 1.95. The Kier molecular flexibility index (Phi) is 6.04. The van der Waals surface area contributed by atoms with Crippen LogP contribution >= 0.6 is 29.3 Å². The van der Waals surface area contributed by atoms with Gasteiger partial charge < -0.3 is 4.52 Å². The molecule has 0 aliphatic rings. The quantitative estimate of drug-likeness (QED) is 0.360. The molecule has 0 atom stereocenters. The fourth-order valence-electron chi connectivity index (χ4n) is 0.174. The van der Waals surface area contributed by atoms with Gasteiger partial charge in [-0.05, 0) is 22.5 Å². The topological polar surface area (TPSA) is 9.23 Å². The van der Waals surface area contributed by atoms with E-state index in [2.05, 4.69) is 5.92 Å². The molecule has 0 aliphatic carbocycles. The third-order valence-corrected chi connectivity index (χ3v) is 1.40. The molecule has 0 saturated carbocycles. The van der Waals surface area contributed by atoms with E-state index < -0.39 is 6.85 Å². The first-order chi connectivity index (χ1) is 3.77. The highest BCUT2D eigenvalue weighted by atomic mass is 35.9. The SMILES string of the molecule is C#CCCOP(Cl)Cl. The van der Waals surface area contributed by atoms with Crippen LogP contribution in [-0.2, 0) is 4.52 Å². The highest BCUT2D eigenvalue weighted by Gasteiger charge is 1.95. The molecule has 46 valence electrons.